The first-order chi connectivity index (χ1) is 8.61. The number of aromatic nitrogens is 4. The standard InChI is InChI=1S/C9H10ClN5O2S/c10-5-6-18(16,17)12-8-1-3-9(4-2-8)15-7-11-13-14-15/h1-4,7,12H,5-6H2. The van der Waals surface area contributed by atoms with E-state index in [0.717, 1.165) is 5.69 Å². The maximum absolute atomic E-state index is 11.5. The summed E-state index contributed by atoms with van der Waals surface area (Å²) in [5.41, 5.74) is 1.21. The SMILES string of the molecule is O=S(=O)(CCCl)Nc1ccc(-n2cnnn2)cc1. The van der Waals surface area contributed by atoms with E-state index in [4.69, 9.17) is 11.6 Å². The lowest BCUT2D eigenvalue weighted by molar-refractivity contribution is 0.602. The summed E-state index contributed by atoms with van der Waals surface area (Å²) in [6, 6.07) is 6.66. The summed E-state index contributed by atoms with van der Waals surface area (Å²) in [4.78, 5) is 0. The molecular weight excluding hydrogens is 278 g/mol. The maximum atomic E-state index is 11.5. The van der Waals surface area contributed by atoms with Crippen LogP contribution < -0.4 is 4.72 Å². The number of nitrogens with zero attached hydrogens (tertiary/aromatic N) is 4. The van der Waals surface area contributed by atoms with Crippen molar-refractivity contribution in [1.29, 1.82) is 0 Å². The highest BCUT2D eigenvalue weighted by molar-refractivity contribution is 7.92. The molecule has 1 heterocycles. The van der Waals surface area contributed by atoms with E-state index in [0.29, 0.717) is 5.69 Å². The van der Waals surface area contributed by atoms with E-state index >= 15 is 0 Å². The fourth-order valence-electron chi connectivity index (χ4n) is 1.29. The number of nitrogens with one attached hydrogen (secondary N) is 1. The normalized spacial score (nSPS) is 11.4. The average Bonchev–Trinajstić information content (AvgIpc) is 2.82. The highest BCUT2D eigenvalue weighted by atomic mass is 35.5. The van der Waals surface area contributed by atoms with Crippen molar-refractivity contribution in [2.45, 2.75) is 0 Å². The topological polar surface area (TPSA) is 89.8 Å². The Labute approximate surface area is 109 Å². The van der Waals surface area contributed by atoms with Crippen LogP contribution in [0.2, 0.25) is 0 Å². The number of alkyl halides is 1. The number of benzene rings is 1. The Hall–Kier alpha value is -1.67. The summed E-state index contributed by atoms with van der Waals surface area (Å²) in [5, 5.41) is 10.7. The zero-order valence-electron chi connectivity index (χ0n) is 9.19. The Bertz CT molecular complexity index is 596. The molecule has 0 aliphatic heterocycles. The molecule has 0 spiro atoms. The molecule has 0 atom stereocenters. The average molecular weight is 288 g/mol. The molecule has 0 amide bonds. The minimum Gasteiger partial charge on any atom is -0.284 e. The van der Waals surface area contributed by atoms with Crippen molar-refractivity contribution in [3.05, 3.63) is 30.6 Å². The fourth-order valence-corrected chi connectivity index (χ4v) is 2.70. The molecule has 0 unspecified atom stereocenters. The van der Waals surface area contributed by atoms with Crippen LogP contribution in [-0.2, 0) is 10.0 Å². The molecule has 9 heteroatoms. The van der Waals surface area contributed by atoms with Crippen LogP contribution in [0.15, 0.2) is 30.6 Å². The highest BCUT2D eigenvalue weighted by Crippen LogP contribution is 2.13. The zero-order valence-corrected chi connectivity index (χ0v) is 10.8. The summed E-state index contributed by atoms with van der Waals surface area (Å²) in [6.07, 6.45) is 1.45. The summed E-state index contributed by atoms with van der Waals surface area (Å²) in [5.74, 6) is -0.0681. The highest BCUT2D eigenvalue weighted by Gasteiger charge is 2.09. The molecule has 0 radical (unpaired) electrons. The van der Waals surface area contributed by atoms with Gasteiger partial charge >= 0.3 is 0 Å². The number of hydrogen-bond acceptors (Lipinski definition) is 5. The maximum Gasteiger partial charge on any atom is 0.233 e. The largest absolute Gasteiger partial charge is 0.284 e. The third-order valence-corrected chi connectivity index (χ3v) is 3.80. The molecular formula is C9H10ClN5O2S. The van der Waals surface area contributed by atoms with Gasteiger partial charge in [-0.3, -0.25) is 4.72 Å². The summed E-state index contributed by atoms with van der Waals surface area (Å²) >= 11 is 5.40. The van der Waals surface area contributed by atoms with Gasteiger partial charge in [-0.1, -0.05) is 0 Å². The molecule has 1 aromatic heterocycles. The Morgan fingerprint density at radius 1 is 1.28 bits per heavy atom. The van der Waals surface area contributed by atoms with Gasteiger partial charge in [0.1, 0.15) is 6.33 Å². The van der Waals surface area contributed by atoms with Gasteiger partial charge in [0.2, 0.25) is 10.0 Å². The van der Waals surface area contributed by atoms with Crippen LogP contribution in [0.1, 0.15) is 0 Å². The number of halogens is 1. The first-order valence-electron chi connectivity index (χ1n) is 5.00. The van der Waals surface area contributed by atoms with Crippen LogP contribution in [-0.4, -0.2) is 40.3 Å². The van der Waals surface area contributed by atoms with Gasteiger partial charge in [0.15, 0.2) is 0 Å². The van der Waals surface area contributed by atoms with E-state index in [2.05, 4.69) is 20.2 Å². The molecule has 0 saturated heterocycles. The predicted octanol–water partition coefficient (Wildman–Crippen LogP) is 0.643. The number of rotatable bonds is 5. The lowest BCUT2D eigenvalue weighted by Gasteiger charge is -2.07. The molecule has 0 aliphatic carbocycles. The monoisotopic (exact) mass is 287 g/mol. The van der Waals surface area contributed by atoms with Crippen LogP contribution in [0.5, 0.6) is 0 Å². The second-order valence-corrected chi connectivity index (χ2v) is 5.63. The minimum atomic E-state index is -3.38. The van der Waals surface area contributed by atoms with Crippen molar-refractivity contribution in [1.82, 2.24) is 20.2 Å². The van der Waals surface area contributed by atoms with Crippen molar-refractivity contribution < 1.29 is 8.42 Å². The molecule has 0 aliphatic rings. The van der Waals surface area contributed by atoms with Gasteiger partial charge in [0, 0.05) is 11.6 Å². The first-order valence-corrected chi connectivity index (χ1v) is 7.19. The first kappa shape index (κ1) is 12.8. The Morgan fingerprint density at radius 2 is 2.00 bits per heavy atom. The van der Waals surface area contributed by atoms with E-state index in [1.165, 1.54) is 11.0 Å². The third kappa shape index (κ3) is 3.17. The van der Waals surface area contributed by atoms with Crippen LogP contribution in [0.25, 0.3) is 5.69 Å². The van der Waals surface area contributed by atoms with Gasteiger partial charge in [-0.2, -0.15) is 0 Å². The van der Waals surface area contributed by atoms with Gasteiger partial charge in [0.25, 0.3) is 0 Å². The van der Waals surface area contributed by atoms with E-state index in [1.807, 2.05) is 0 Å². The lowest BCUT2D eigenvalue weighted by Crippen LogP contribution is -2.17. The van der Waals surface area contributed by atoms with Gasteiger partial charge < -0.3 is 0 Å². The van der Waals surface area contributed by atoms with Gasteiger partial charge in [-0.15, -0.1) is 16.7 Å². The van der Waals surface area contributed by atoms with Crippen molar-refractivity contribution in [2.75, 3.05) is 16.4 Å². The molecule has 1 N–H and O–H groups in total. The van der Waals surface area contributed by atoms with Gasteiger partial charge in [0.05, 0.1) is 11.4 Å². The molecule has 2 rings (SSSR count). The molecule has 2 aromatic rings. The molecule has 0 fully saturated rings. The van der Waals surface area contributed by atoms with Gasteiger partial charge in [-0.25, -0.2) is 13.1 Å². The smallest absolute Gasteiger partial charge is 0.233 e. The van der Waals surface area contributed by atoms with Crippen molar-refractivity contribution in [3.8, 4) is 5.69 Å². The Kier molecular flexibility index (Phi) is 3.78. The van der Waals surface area contributed by atoms with E-state index in [1.54, 1.807) is 24.3 Å². The quantitative estimate of drug-likeness (QED) is 0.815. The van der Waals surface area contributed by atoms with Crippen molar-refractivity contribution >= 4 is 27.3 Å². The number of hydrogen-bond donors (Lipinski definition) is 1. The third-order valence-electron chi connectivity index (χ3n) is 2.10. The van der Waals surface area contributed by atoms with Crippen LogP contribution in [0.4, 0.5) is 5.69 Å². The van der Waals surface area contributed by atoms with Crippen molar-refractivity contribution in [2.24, 2.45) is 0 Å². The zero-order chi connectivity index (χ0) is 13.0. The minimum absolute atomic E-state index is 0.0536. The molecule has 0 saturated carbocycles. The number of sulfonamides is 1. The number of anilines is 1. The molecule has 1 aromatic carbocycles. The molecule has 96 valence electrons. The predicted molar refractivity (Wildman–Crippen MR) is 67.3 cm³/mol. The summed E-state index contributed by atoms with van der Waals surface area (Å²) in [7, 11) is -3.38. The van der Waals surface area contributed by atoms with Crippen LogP contribution in [0, 0.1) is 0 Å². The summed E-state index contributed by atoms with van der Waals surface area (Å²) < 4.78 is 26.8. The van der Waals surface area contributed by atoms with Crippen molar-refractivity contribution in [3.63, 3.8) is 0 Å². The summed E-state index contributed by atoms with van der Waals surface area (Å²) in [6.45, 7) is 0. The van der Waals surface area contributed by atoms with Crippen LogP contribution in [0.3, 0.4) is 0 Å². The lowest BCUT2D eigenvalue weighted by atomic mass is 10.3. The molecule has 18 heavy (non-hydrogen) atoms. The van der Waals surface area contributed by atoms with Gasteiger partial charge in [-0.05, 0) is 34.7 Å². The number of tetrazole rings is 1. The Morgan fingerprint density at radius 3 is 2.56 bits per heavy atom. The second-order valence-electron chi connectivity index (χ2n) is 3.41. The Balaban J connectivity index is 2.14. The van der Waals surface area contributed by atoms with Crippen LogP contribution >= 0.6 is 11.6 Å². The second kappa shape index (κ2) is 5.32. The van der Waals surface area contributed by atoms with E-state index in [-0.39, 0.29) is 11.6 Å². The van der Waals surface area contributed by atoms with E-state index < -0.39 is 10.0 Å². The fraction of sp³-hybridized carbons (Fsp3) is 0.222. The molecule has 7 nitrogen and oxygen atoms in total. The van der Waals surface area contributed by atoms with E-state index in [9.17, 15) is 8.42 Å². The molecule has 0 bridgehead atoms.